The van der Waals surface area contributed by atoms with E-state index in [1.54, 1.807) is 29.0 Å². The molecule has 0 fully saturated rings. The molecule has 0 atom stereocenters. The minimum Gasteiger partial charge on any atom is -0.380 e. The van der Waals surface area contributed by atoms with Gasteiger partial charge >= 0.3 is 0 Å². The van der Waals surface area contributed by atoms with Crippen molar-refractivity contribution in [1.29, 1.82) is 0 Å². The molecular weight excluding hydrogens is 318 g/mol. The van der Waals surface area contributed by atoms with Gasteiger partial charge in [-0.15, -0.1) is 11.3 Å². The highest BCUT2D eigenvalue weighted by Crippen LogP contribution is 2.28. The number of anilines is 1. The first-order chi connectivity index (χ1) is 8.58. The molecule has 0 aliphatic carbocycles. The van der Waals surface area contributed by atoms with E-state index in [1.807, 2.05) is 6.92 Å². The van der Waals surface area contributed by atoms with E-state index in [0.717, 1.165) is 16.3 Å². The third kappa shape index (κ3) is 2.85. The highest BCUT2D eigenvalue weighted by atomic mass is 79.9. The Bertz CT molecular complexity index is 585. The predicted octanol–water partition coefficient (Wildman–Crippen LogP) is 3.73. The van der Waals surface area contributed by atoms with Crippen molar-refractivity contribution in [2.24, 2.45) is 0 Å². The van der Waals surface area contributed by atoms with E-state index in [2.05, 4.69) is 26.2 Å². The molecule has 1 aromatic heterocycles. The quantitative estimate of drug-likeness (QED) is 0.686. The van der Waals surface area contributed by atoms with E-state index in [9.17, 15) is 10.1 Å². The first-order valence-electron chi connectivity index (χ1n) is 5.14. The molecule has 0 saturated carbocycles. The van der Waals surface area contributed by atoms with Crippen LogP contribution in [0.25, 0.3) is 0 Å². The molecule has 0 amide bonds. The van der Waals surface area contributed by atoms with Gasteiger partial charge < -0.3 is 5.32 Å². The van der Waals surface area contributed by atoms with Crippen molar-refractivity contribution in [2.45, 2.75) is 13.5 Å². The van der Waals surface area contributed by atoms with Crippen LogP contribution in [0.3, 0.4) is 0 Å². The molecule has 0 saturated heterocycles. The lowest BCUT2D eigenvalue weighted by Crippen LogP contribution is -1.99. The summed E-state index contributed by atoms with van der Waals surface area (Å²) in [5.74, 6) is 0. The van der Waals surface area contributed by atoms with Crippen LogP contribution in [0, 0.1) is 17.0 Å². The molecule has 1 N–H and O–H groups in total. The Morgan fingerprint density at radius 2 is 2.33 bits per heavy atom. The Hall–Kier alpha value is -1.47. The van der Waals surface area contributed by atoms with Gasteiger partial charge in [-0.05, 0) is 35.0 Å². The molecule has 7 heteroatoms. The summed E-state index contributed by atoms with van der Waals surface area (Å²) < 4.78 is 0.471. The van der Waals surface area contributed by atoms with Crippen LogP contribution in [0.15, 0.2) is 28.2 Å². The van der Waals surface area contributed by atoms with Gasteiger partial charge in [-0.1, -0.05) is 0 Å². The molecule has 0 unspecified atom stereocenters. The smallest absolute Gasteiger partial charge is 0.283 e. The predicted molar refractivity (Wildman–Crippen MR) is 75.0 cm³/mol. The summed E-state index contributed by atoms with van der Waals surface area (Å²) in [5, 5.41) is 13.9. The average molecular weight is 328 g/mol. The molecule has 0 spiro atoms. The summed E-state index contributed by atoms with van der Waals surface area (Å²) >= 11 is 4.78. The van der Waals surface area contributed by atoms with Crippen LogP contribution in [0.5, 0.6) is 0 Å². The molecule has 0 bridgehead atoms. The second-order valence-corrected chi connectivity index (χ2v) is 5.43. The van der Waals surface area contributed by atoms with Crippen LogP contribution in [0.2, 0.25) is 0 Å². The molecule has 2 rings (SSSR count). The van der Waals surface area contributed by atoms with Gasteiger partial charge in [0.15, 0.2) is 0 Å². The van der Waals surface area contributed by atoms with Gasteiger partial charge in [-0.25, -0.2) is 4.98 Å². The van der Waals surface area contributed by atoms with Crippen molar-refractivity contribution in [3.8, 4) is 0 Å². The molecular formula is C11H10BrN3O2S. The monoisotopic (exact) mass is 327 g/mol. The molecule has 5 nitrogen and oxygen atoms in total. The first kappa shape index (κ1) is 13.0. The van der Waals surface area contributed by atoms with Crippen molar-refractivity contribution in [3.05, 3.63) is 48.9 Å². The van der Waals surface area contributed by atoms with E-state index in [0.29, 0.717) is 11.0 Å². The van der Waals surface area contributed by atoms with Crippen molar-refractivity contribution < 1.29 is 4.92 Å². The van der Waals surface area contributed by atoms with Crippen molar-refractivity contribution >= 4 is 38.6 Å². The number of thiazole rings is 1. The fourth-order valence-corrected chi connectivity index (χ4v) is 2.68. The number of rotatable bonds is 4. The maximum atomic E-state index is 10.7. The minimum atomic E-state index is -0.415. The first-order valence-corrected chi connectivity index (χ1v) is 6.82. The molecule has 0 aliphatic rings. The fraction of sp³-hybridized carbons (Fsp3) is 0.182. The third-order valence-electron chi connectivity index (χ3n) is 2.44. The van der Waals surface area contributed by atoms with E-state index >= 15 is 0 Å². The van der Waals surface area contributed by atoms with Crippen molar-refractivity contribution in [3.63, 3.8) is 0 Å². The summed E-state index contributed by atoms with van der Waals surface area (Å²) in [6.45, 7) is 2.63. The standard InChI is InChI=1S/C11H10BrN3O2S/c1-7-11(18-6-14-7)5-13-8-2-3-10(15(16)17)9(12)4-8/h2-4,6,13H,5H2,1H3. The number of nitro benzene ring substituents is 1. The van der Waals surface area contributed by atoms with Crippen LogP contribution in [-0.4, -0.2) is 9.91 Å². The van der Waals surface area contributed by atoms with E-state index in [4.69, 9.17) is 0 Å². The zero-order valence-corrected chi connectivity index (χ0v) is 11.9. The largest absolute Gasteiger partial charge is 0.380 e. The lowest BCUT2D eigenvalue weighted by atomic mass is 10.3. The second-order valence-electron chi connectivity index (χ2n) is 3.64. The molecule has 1 aromatic carbocycles. The Morgan fingerprint density at radius 3 is 2.89 bits per heavy atom. The minimum absolute atomic E-state index is 0.0644. The molecule has 1 heterocycles. The number of aryl methyl sites for hydroxylation is 1. The Kier molecular flexibility index (Phi) is 3.93. The van der Waals surface area contributed by atoms with Gasteiger partial charge in [0, 0.05) is 16.6 Å². The summed E-state index contributed by atoms with van der Waals surface area (Å²) in [4.78, 5) is 15.6. The van der Waals surface area contributed by atoms with Crippen LogP contribution >= 0.6 is 27.3 Å². The number of nitrogens with zero attached hydrogens (tertiary/aromatic N) is 2. The van der Waals surface area contributed by atoms with Crippen LogP contribution in [-0.2, 0) is 6.54 Å². The van der Waals surface area contributed by atoms with Crippen LogP contribution in [0.1, 0.15) is 10.6 Å². The lowest BCUT2D eigenvalue weighted by molar-refractivity contribution is -0.385. The normalized spacial score (nSPS) is 10.3. The topological polar surface area (TPSA) is 68.1 Å². The van der Waals surface area contributed by atoms with Crippen LogP contribution < -0.4 is 5.32 Å². The Labute approximate surface area is 116 Å². The van der Waals surface area contributed by atoms with Crippen LogP contribution in [0.4, 0.5) is 11.4 Å². The van der Waals surface area contributed by atoms with Gasteiger partial charge in [0.2, 0.25) is 0 Å². The molecule has 0 aliphatic heterocycles. The van der Waals surface area contributed by atoms with Gasteiger partial charge in [0.25, 0.3) is 5.69 Å². The molecule has 2 aromatic rings. The highest BCUT2D eigenvalue weighted by molar-refractivity contribution is 9.10. The lowest BCUT2D eigenvalue weighted by Gasteiger charge is -2.06. The SMILES string of the molecule is Cc1ncsc1CNc1ccc([N+](=O)[O-])c(Br)c1. The summed E-state index contributed by atoms with van der Waals surface area (Å²) in [7, 11) is 0. The second kappa shape index (κ2) is 5.45. The summed E-state index contributed by atoms with van der Waals surface area (Å²) in [5.41, 5.74) is 3.71. The third-order valence-corrected chi connectivity index (χ3v) is 4.01. The molecule has 0 radical (unpaired) electrons. The van der Waals surface area contributed by atoms with Gasteiger partial charge in [-0.2, -0.15) is 0 Å². The van der Waals surface area contributed by atoms with E-state index < -0.39 is 4.92 Å². The Morgan fingerprint density at radius 1 is 1.56 bits per heavy atom. The number of hydrogen-bond donors (Lipinski definition) is 1. The maximum Gasteiger partial charge on any atom is 0.283 e. The molecule has 94 valence electrons. The number of aromatic nitrogens is 1. The summed E-state index contributed by atoms with van der Waals surface area (Å²) in [6, 6.07) is 4.87. The number of hydrogen-bond acceptors (Lipinski definition) is 5. The molecule has 18 heavy (non-hydrogen) atoms. The average Bonchev–Trinajstić information content (AvgIpc) is 2.72. The zero-order chi connectivity index (χ0) is 13.1. The maximum absolute atomic E-state index is 10.7. The van der Waals surface area contributed by atoms with Crippen molar-refractivity contribution in [1.82, 2.24) is 4.98 Å². The number of nitro groups is 1. The highest BCUT2D eigenvalue weighted by Gasteiger charge is 2.11. The van der Waals surface area contributed by atoms with Gasteiger partial charge in [0.1, 0.15) is 0 Å². The number of nitrogens with one attached hydrogen (secondary N) is 1. The summed E-state index contributed by atoms with van der Waals surface area (Å²) in [6.07, 6.45) is 0. The Balaban J connectivity index is 2.09. The zero-order valence-electron chi connectivity index (χ0n) is 9.51. The van der Waals surface area contributed by atoms with Crippen molar-refractivity contribution in [2.75, 3.05) is 5.32 Å². The fourth-order valence-electron chi connectivity index (χ4n) is 1.44. The number of halogens is 1. The van der Waals surface area contributed by atoms with E-state index in [-0.39, 0.29) is 5.69 Å². The van der Waals surface area contributed by atoms with Gasteiger partial charge in [-0.3, -0.25) is 10.1 Å². The number of benzene rings is 1. The van der Waals surface area contributed by atoms with E-state index in [1.165, 1.54) is 6.07 Å². The van der Waals surface area contributed by atoms with Gasteiger partial charge in [0.05, 0.1) is 27.1 Å².